The molecule has 0 bridgehead atoms. The van der Waals surface area contributed by atoms with Crippen molar-refractivity contribution in [1.29, 1.82) is 0 Å². The van der Waals surface area contributed by atoms with Crippen LogP contribution in [-0.2, 0) is 16.8 Å². The number of carbonyl (C=O) groups excluding carboxylic acids is 2. The summed E-state index contributed by atoms with van der Waals surface area (Å²) in [6.45, 7) is 0.250. The second-order valence-electron chi connectivity index (χ2n) is 8.56. The van der Waals surface area contributed by atoms with Gasteiger partial charge in [0.25, 0.3) is 11.8 Å². The molecule has 0 saturated heterocycles. The Morgan fingerprint density at radius 3 is 2.47 bits per heavy atom. The fourth-order valence-electron chi connectivity index (χ4n) is 5.25. The predicted octanol–water partition coefficient (Wildman–Crippen LogP) is 4.47. The highest BCUT2D eigenvalue weighted by molar-refractivity contribution is 9.10. The standard InChI is InChI=1S/C27H19BrN2O4/c1-29-20-10-6-5-9-19(20)27(26(29)33)22-23(31)18-15-17(28)11-12-21(18)34-24(22)25(32)30(27)14-13-16-7-3-2-4-8-16/h2-12,15H,13-14H2,1H3. The zero-order chi connectivity index (χ0) is 23.6. The number of likely N-dealkylation sites (N-methyl/N-ethyl adjacent to an activating group) is 1. The van der Waals surface area contributed by atoms with E-state index >= 15 is 0 Å². The molecule has 1 atom stereocenters. The van der Waals surface area contributed by atoms with Gasteiger partial charge in [-0.2, -0.15) is 0 Å². The van der Waals surface area contributed by atoms with Crippen LogP contribution in [0.1, 0.15) is 27.2 Å². The Bertz CT molecular complexity index is 1560. The van der Waals surface area contributed by atoms with E-state index in [2.05, 4.69) is 15.9 Å². The summed E-state index contributed by atoms with van der Waals surface area (Å²) in [5, 5.41) is 0.324. The first-order chi connectivity index (χ1) is 16.4. The second kappa shape index (κ2) is 7.40. The molecule has 0 radical (unpaired) electrons. The minimum Gasteiger partial charge on any atom is -0.450 e. The molecular formula is C27H19BrN2O4. The summed E-state index contributed by atoms with van der Waals surface area (Å²) in [5.41, 5.74) is 0.790. The van der Waals surface area contributed by atoms with Gasteiger partial charge in [0.05, 0.1) is 10.9 Å². The quantitative estimate of drug-likeness (QED) is 0.404. The minimum atomic E-state index is -1.57. The van der Waals surface area contributed by atoms with Crippen LogP contribution in [0.15, 0.2) is 86.5 Å². The van der Waals surface area contributed by atoms with Crippen LogP contribution in [0.25, 0.3) is 11.0 Å². The number of halogens is 1. The molecule has 2 aliphatic heterocycles. The summed E-state index contributed by atoms with van der Waals surface area (Å²) < 4.78 is 6.75. The van der Waals surface area contributed by atoms with Crippen molar-refractivity contribution in [2.45, 2.75) is 12.0 Å². The summed E-state index contributed by atoms with van der Waals surface area (Å²) in [7, 11) is 1.67. The zero-order valence-electron chi connectivity index (χ0n) is 18.2. The van der Waals surface area contributed by atoms with E-state index < -0.39 is 11.4 Å². The van der Waals surface area contributed by atoms with Crippen molar-refractivity contribution in [1.82, 2.24) is 4.90 Å². The monoisotopic (exact) mass is 514 g/mol. The van der Waals surface area contributed by atoms with E-state index in [0.717, 1.165) is 5.56 Å². The van der Waals surface area contributed by atoms with Gasteiger partial charge in [-0.3, -0.25) is 14.4 Å². The van der Waals surface area contributed by atoms with Gasteiger partial charge in [0.2, 0.25) is 5.76 Å². The molecule has 0 saturated carbocycles. The summed E-state index contributed by atoms with van der Waals surface area (Å²) >= 11 is 3.41. The highest BCUT2D eigenvalue weighted by Crippen LogP contribution is 2.52. The molecule has 2 amide bonds. The van der Waals surface area contributed by atoms with Crippen LogP contribution in [0.4, 0.5) is 5.69 Å². The lowest BCUT2D eigenvalue weighted by Crippen LogP contribution is -2.53. The number of carbonyl (C=O) groups is 2. The largest absolute Gasteiger partial charge is 0.450 e. The Balaban J connectivity index is 1.65. The molecule has 34 heavy (non-hydrogen) atoms. The summed E-state index contributed by atoms with van der Waals surface area (Å²) in [4.78, 5) is 44.8. The molecule has 6 rings (SSSR count). The lowest BCUT2D eigenvalue weighted by molar-refractivity contribution is -0.125. The molecule has 7 heteroatoms. The maximum Gasteiger partial charge on any atom is 0.291 e. The third kappa shape index (κ3) is 2.64. The van der Waals surface area contributed by atoms with E-state index in [9.17, 15) is 14.4 Å². The van der Waals surface area contributed by atoms with E-state index in [1.54, 1.807) is 25.2 Å². The average Bonchev–Trinajstić information content (AvgIpc) is 3.23. The van der Waals surface area contributed by atoms with E-state index in [-0.39, 0.29) is 29.2 Å². The van der Waals surface area contributed by atoms with E-state index in [4.69, 9.17) is 4.42 Å². The Kier molecular flexibility index (Phi) is 4.54. The Morgan fingerprint density at radius 1 is 0.941 bits per heavy atom. The molecule has 1 aromatic heterocycles. The Morgan fingerprint density at radius 2 is 1.68 bits per heavy atom. The number of para-hydroxylation sites is 1. The maximum atomic E-state index is 14.0. The van der Waals surface area contributed by atoms with Crippen molar-refractivity contribution >= 4 is 44.4 Å². The molecule has 168 valence electrons. The SMILES string of the molecule is CN1C(=O)C2(c3ccccc31)c1c(oc3ccc(Br)cc3c1=O)C(=O)N2CCc1ccccc1. The van der Waals surface area contributed by atoms with E-state index in [1.165, 1.54) is 9.80 Å². The van der Waals surface area contributed by atoms with Gasteiger partial charge >= 0.3 is 0 Å². The molecule has 3 heterocycles. The van der Waals surface area contributed by atoms with Crippen molar-refractivity contribution < 1.29 is 14.0 Å². The highest BCUT2D eigenvalue weighted by Gasteiger charge is 2.64. The lowest BCUT2D eigenvalue weighted by Gasteiger charge is -2.34. The van der Waals surface area contributed by atoms with Crippen molar-refractivity contribution in [3.63, 3.8) is 0 Å². The number of nitrogens with zero attached hydrogens (tertiary/aromatic N) is 2. The van der Waals surface area contributed by atoms with Crippen molar-refractivity contribution in [3.05, 3.63) is 110 Å². The highest BCUT2D eigenvalue weighted by atomic mass is 79.9. The van der Waals surface area contributed by atoms with Gasteiger partial charge in [0, 0.05) is 29.3 Å². The first-order valence-corrected chi connectivity index (χ1v) is 11.7. The second-order valence-corrected chi connectivity index (χ2v) is 9.48. The van der Waals surface area contributed by atoms with Gasteiger partial charge in [0.15, 0.2) is 11.0 Å². The van der Waals surface area contributed by atoms with Gasteiger partial charge in [-0.1, -0.05) is 64.5 Å². The fourth-order valence-corrected chi connectivity index (χ4v) is 5.61. The number of anilines is 1. The number of fused-ring (bicyclic) bond motifs is 5. The maximum absolute atomic E-state index is 14.0. The third-order valence-corrected chi connectivity index (χ3v) is 7.29. The van der Waals surface area contributed by atoms with E-state index in [1.807, 2.05) is 54.6 Å². The fraction of sp³-hybridized carbons (Fsp3) is 0.148. The van der Waals surface area contributed by atoms with Gasteiger partial charge in [-0.05, 0) is 36.2 Å². The van der Waals surface area contributed by atoms with Crippen LogP contribution in [0.3, 0.4) is 0 Å². The molecular weight excluding hydrogens is 496 g/mol. The first-order valence-electron chi connectivity index (χ1n) is 10.9. The van der Waals surface area contributed by atoms with Gasteiger partial charge in [-0.25, -0.2) is 0 Å². The third-order valence-electron chi connectivity index (χ3n) is 6.79. The normalized spacial score (nSPS) is 18.8. The summed E-state index contributed by atoms with van der Waals surface area (Å²) in [6.07, 6.45) is 0.529. The number of benzene rings is 3. The van der Waals surface area contributed by atoms with Gasteiger partial charge < -0.3 is 14.2 Å². The van der Waals surface area contributed by atoms with Crippen LogP contribution >= 0.6 is 15.9 Å². The van der Waals surface area contributed by atoms with Crippen LogP contribution in [0.2, 0.25) is 0 Å². The van der Waals surface area contributed by atoms with Crippen molar-refractivity contribution in [3.8, 4) is 0 Å². The molecule has 6 nitrogen and oxygen atoms in total. The number of amides is 2. The van der Waals surface area contributed by atoms with Crippen molar-refractivity contribution in [2.24, 2.45) is 0 Å². The molecule has 0 aliphatic carbocycles. The first kappa shape index (κ1) is 20.9. The Labute approximate surface area is 203 Å². The lowest BCUT2D eigenvalue weighted by atomic mass is 9.84. The van der Waals surface area contributed by atoms with Crippen LogP contribution in [-0.4, -0.2) is 30.3 Å². The average molecular weight is 515 g/mol. The molecule has 1 spiro atoms. The molecule has 1 unspecified atom stereocenters. The van der Waals surface area contributed by atoms with Gasteiger partial charge in [-0.15, -0.1) is 0 Å². The molecule has 0 N–H and O–H groups in total. The molecule has 3 aromatic carbocycles. The van der Waals surface area contributed by atoms with E-state index in [0.29, 0.717) is 33.1 Å². The summed E-state index contributed by atoms with van der Waals surface area (Å²) in [6, 6.07) is 22.2. The van der Waals surface area contributed by atoms with Gasteiger partial charge in [0.1, 0.15) is 5.58 Å². The minimum absolute atomic E-state index is 0.0636. The van der Waals surface area contributed by atoms with Crippen LogP contribution in [0.5, 0.6) is 0 Å². The van der Waals surface area contributed by atoms with Crippen LogP contribution < -0.4 is 10.3 Å². The number of hydrogen-bond acceptors (Lipinski definition) is 4. The zero-order valence-corrected chi connectivity index (χ0v) is 19.8. The Hall–Kier alpha value is -3.71. The smallest absolute Gasteiger partial charge is 0.291 e. The predicted molar refractivity (Wildman–Crippen MR) is 132 cm³/mol. The van der Waals surface area contributed by atoms with Crippen molar-refractivity contribution in [2.75, 3.05) is 18.5 Å². The number of rotatable bonds is 3. The molecule has 2 aliphatic rings. The molecule has 0 fully saturated rings. The van der Waals surface area contributed by atoms with Crippen LogP contribution in [0, 0.1) is 0 Å². The topological polar surface area (TPSA) is 70.8 Å². The molecule has 4 aromatic rings. The summed E-state index contributed by atoms with van der Waals surface area (Å²) in [5.74, 6) is -0.854. The number of hydrogen-bond donors (Lipinski definition) is 0.